The minimum atomic E-state index is -0.146. The van der Waals surface area contributed by atoms with Crippen LogP contribution in [0.25, 0.3) is 0 Å². The molecule has 1 aromatic carbocycles. The van der Waals surface area contributed by atoms with Gasteiger partial charge in [-0.1, -0.05) is 19.3 Å². The van der Waals surface area contributed by atoms with E-state index in [2.05, 4.69) is 10.6 Å². The summed E-state index contributed by atoms with van der Waals surface area (Å²) >= 11 is 1.11. The molecular weight excluding hydrogens is 258 g/mol. The quantitative estimate of drug-likeness (QED) is 0.652. The van der Waals surface area contributed by atoms with Gasteiger partial charge < -0.3 is 10.6 Å². The van der Waals surface area contributed by atoms with E-state index in [0.29, 0.717) is 6.04 Å². The fourth-order valence-corrected chi connectivity index (χ4v) is 2.64. The first-order chi connectivity index (χ1) is 9.28. The van der Waals surface area contributed by atoms with E-state index < -0.39 is 0 Å². The molecule has 0 unspecified atom stereocenters. The molecule has 1 aromatic rings. The molecule has 0 spiro atoms. The monoisotopic (exact) mass is 275 g/mol. The Morgan fingerprint density at radius 3 is 2.53 bits per heavy atom. The molecule has 5 heteroatoms. The van der Waals surface area contributed by atoms with Crippen LogP contribution in [0.5, 0.6) is 0 Å². The number of nitrogens with one attached hydrogen (secondary N) is 2. The van der Waals surface area contributed by atoms with Crippen molar-refractivity contribution in [2.24, 2.45) is 0 Å². The largest absolute Gasteiger partial charge is 0.335 e. The molecular formula is C14H17N3OS. The summed E-state index contributed by atoms with van der Waals surface area (Å²) in [5, 5.41) is 16.4. The number of carbonyl (C=O) groups excluding carboxylic acids is 1. The number of hydrogen-bond donors (Lipinski definition) is 2. The van der Waals surface area contributed by atoms with Gasteiger partial charge in [0.05, 0.1) is 0 Å². The van der Waals surface area contributed by atoms with Crippen LogP contribution in [0.15, 0.2) is 29.2 Å². The van der Waals surface area contributed by atoms with Gasteiger partial charge in [0, 0.05) is 16.6 Å². The first-order valence-electron chi connectivity index (χ1n) is 6.51. The lowest BCUT2D eigenvalue weighted by atomic mass is 9.96. The van der Waals surface area contributed by atoms with Crippen molar-refractivity contribution in [3.8, 4) is 5.40 Å². The fraction of sp³-hybridized carbons (Fsp3) is 0.429. The van der Waals surface area contributed by atoms with Gasteiger partial charge in [0.25, 0.3) is 0 Å². The molecule has 0 bridgehead atoms. The lowest BCUT2D eigenvalue weighted by Crippen LogP contribution is -2.38. The molecule has 2 amide bonds. The molecule has 0 heterocycles. The lowest BCUT2D eigenvalue weighted by Gasteiger charge is -2.22. The molecule has 0 saturated heterocycles. The summed E-state index contributed by atoms with van der Waals surface area (Å²) in [7, 11) is 0. The van der Waals surface area contributed by atoms with Gasteiger partial charge in [0.2, 0.25) is 0 Å². The van der Waals surface area contributed by atoms with Crippen LogP contribution in [-0.2, 0) is 0 Å². The topological polar surface area (TPSA) is 64.9 Å². The minimum Gasteiger partial charge on any atom is -0.335 e. The first-order valence-corrected chi connectivity index (χ1v) is 7.33. The predicted octanol–water partition coefficient (Wildman–Crippen LogP) is 3.71. The number of thioether (sulfide) groups is 1. The highest BCUT2D eigenvalue weighted by molar-refractivity contribution is 8.03. The van der Waals surface area contributed by atoms with Gasteiger partial charge in [-0.05, 0) is 48.9 Å². The smallest absolute Gasteiger partial charge is 0.319 e. The zero-order valence-corrected chi connectivity index (χ0v) is 11.5. The summed E-state index contributed by atoms with van der Waals surface area (Å²) in [5.41, 5.74) is 0.746. The number of rotatable bonds is 3. The normalized spacial score (nSPS) is 15.5. The van der Waals surface area contributed by atoms with Gasteiger partial charge in [-0.2, -0.15) is 5.26 Å². The fourth-order valence-electron chi connectivity index (χ4n) is 2.26. The standard InChI is InChI=1S/C14H17N3OS/c15-10-19-13-8-6-12(7-9-13)17-14(18)16-11-4-2-1-3-5-11/h6-9,11H,1-5H2,(H2,16,17,18). The average molecular weight is 275 g/mol. The number of thiocyanates is 1. The molecule has 1 aliphatic carbocycles. The summed E-state index contributed by atoms with van der Waals surface area (Å²) in [4.78, 5) is 12.7. The Labute approximate surface area is 117 Å². The van der Waals surface area contributed by atoms with Gasteiger partial charge in [-0.3, -0.25) is 0 Å². The molecule has 100 valence electrons. The third-order valence-electron chi connectivity index (χ3n) is 3.22. The van der Waals surface area contributed by atoms with Crippen molar-refractivity contribution in [1.29, 1.82) is 5.26 Å². The third kappa shape index (κ3) is 4.49. The van der Waals surface area contributed by atoms with Crippen molar-refractivity contribution in [2.45, 2.75) is 43.0 Å². The number of hydrogen-bond acceptors (Lipinski definition) is 3. The molecule has 0 aliphatic heterocycles. The summed E-state index contributed by atoms with van der Waals surface area (Å²) in [6.07, 6.45) is 5.82. The molecule has 1 aliphatic rings. The van der Waals surface area contributed by atoms with Crippen LogP contribution in [0.3, 0.4) is 0 Å². The Kier molecular flexibility index (Phi) is 5.10. The van der Waals surface area contributed by atoms with Crippen LogP contribution in [0, 0.1) is 10.7 Å². The first kappa shape index (κ1) is 13.8. The summed E-state index contributed by atoms with van der Waals surface area (Å²) in [6, 6.07) is 7.42. The van der Waals surface area contributed by atoms with Crippen LogP contribution in [0.4, 0.5) is 10.5 Å². The van der Waals surface area contributed by atoms with Gasteiger partial charge in [0.1, 0.15) is 5.40 Å². The van der Waals surface area contributed by atoms with Gasteiger partial charge in [-0.25, -0.2) is 4.79 Å². The number of amides is 2. The maximum Gasteiger partial charge on any atom is 0.319 e. The van der Waals surface area contributed by atoms with Crippen LogP contribution < -0.4 is 10.6 Å². The molecule has 19 heavy (non-hydrogen) atoms. The minimum absolute atomic E-state index is 0.146. The van der Waals surface area contributed by atoms with E-state index >= 15 is 0 Å². The van der Waals surface area contributed by atoms with Crippen molar-refractivity contribution < 1.29 is 4.79 Å². The van der Waals surface area contributed by atoms with Crippen LogP contribution in [-0.4, -0.2) is 12.1 Å². The number of anilines is 1. The maximum absolute atomic E-state index is 11.8. The van der Waals surface area contributed by atoms with E-state index in [0.717, 1.165) is 35.2 Å². The molecule has 1 saturated carbocycles. The van der Waals surface area contributed by atoms with Gasteiger partial charge >= 0.3 is 6.03 Å². The number of nitrogens with zero attached hydrogens (tertiary/aromatic N) is 1. The molecule has 0 aromatic heterocycles. The van der Waals surface area contributed by atoms with E-state index in [9.17, 15) is 4.79 Å². The van der Waals surface area contributed by atoms with Crippen LogP contribution >= 0.6 is 11.8 Å². The maximum atomic E-state index is 11.8. The van der Waals surface area contributed by atoms with Crippen LogP contribution in [0.2, 0.25) is 0 Å². The number of urea groups is 1. The van der Waals surface area contributed by atoms with E-state index in [1.807, 2.05) is 17.5 Å². The zero-order chi connectivity index (χ0) is 13.5. The Balaban J connectivity index is 1.82. The van der Waals surface area contributed by atoms with E-state index in [4.69, 9.17) is 5.26 Å². The number of nitriles is 1. The number of benzene rings is 1. The zero-order valence-electron chi connectivity index (χ0n) is 10.7. The Morgan fingerprint density at radius 2 is 1.89 bits per heavy atom. The summed E-state index contributed by atoms with van der Waals surface area (Å²) in [6.45, 7) is 0. The van der Waals surface area contributed by atoms with E-state index in [-0.39, 0.29) is 6.03 Å². The van der Waals surface area contributed by atoms with Crippen molar-refractivity contribution in [1.82, 2.24) is 5.32 Å². The van der Waals surface area contributed by atoms with E-state index in [1.54, 1.807) is 12.1 Å². The lowest BCUT2D eigenvalue weighted by molar-refractivity contribution is 0.244. The Bertz CT molecular complexity index is 461. The van der Waals surface area contributed by atoms with Gasteiger partial charge in [-0.15, -0.1) is 0 Å². The Morgan fingerprint density at radius 1 is 1.21 bits per heavy atom. The van der Waals surface area contributed by atoms with E-state index in [1.165, 1.54) is 19.3 Å². The molecule has 0 atom stereocenters. The molecule has 2 N–H and O–H groups in total. The summed E-state index contributed by atoms with van der Waals surface area (Å²) < 4.78 is 0. The summed E-state index contributed by atoms with van der Waals surface area (Å²) in [5.74, 6) is 0. The number of carbonyl (C=O) groups is 1. The SMILES string of the molecule is N#CSc1ccc(NC(=O)NC2CCCCC2)cc1. The van der Waals surface area contributed by atoms with Gasteiger partial charge in [0.15, 0.2) is 0 Å². The van der Waals surface area contributed by atoms with Crippen molar-refractivity contribution in [3.63, 3.8) is 0 Å². The molecule has 2 rings (SSSR count). The molecule has 0 radical (unpaired) electrons. The van der Waals surface area contributed by atoms with Crippen LogP contribution in [0.1, 0.15) is 32.1 Å². The third-order valence-corrected chi connectivity index (χ3v) is 3.82. The van der Waals surface area contributed by atoms with Crippen molar-refractivity contribution >= 4 is 23.5 Å². The van der Waals surface area contributed by atoms with Crippen molar-refractivity contribution in [3.05, 3.63) is 24.3 Å². The second-order valence-electron chi connectivity index (χ2n) is 4.65. The average Bonchev–Trinajstić information content (AvgIpc) is 2.42. The highest BCUT2D eigenvalue weighted by Crippen LogP contribution is 2.20. The van der Waals surface area contributed by atoms with Crippen molar-refractivity contribution in [2.75, 3.05) is 5.32 Å². The molecule has 4 nitrogen and oxygen atoms in total. The highest BCUT2D eigenvalue weighted by Gasteiger charge is 2.15. The second kappa shape index (κ2) is 7.05. The highest BCUT2D eigenvalue weighted by atomic mass is 32.2. The second-order valence-corrected chi connectivity index (χ2v) is 5.51. The predicted molar refractivity (Wildman–Crippen MR) is 76.9 cm³/mol. The molecule has 1 fully saturated rings. The Hall–Kier alpha value is -1.67.